The molecule has 2 unspecified atom stereocenters. The molecule has 0 saturated carbocycles. The highest BCUT2D eigenvalue weighted by atomic mass is 16.7. The van der Waals surface area contributed by atoms with Gasteiger partial charge in [-0.3, -0.25) is 0 Å². The van der Waals surface area contributed by atoms with Crippen LogP contribution in [0.15, 0.2) is 0 Å². The summed E-state index contributed by atoms with van der Waals surface area (Å²) in [6, 6.07) is 0.694. The van der Waals surface area contributed by atoms with E-state index in [2.05, 4.69) is 19.2 Å². The zero-order chi connectivity index (χ0) is 15.4. The van der Waals surface area contributed by atoms with Gasteiger partial charge in [0.1, 0.15) is 0 Å². The van der Waals surface area contributed by atoms with Crippen LogP contribution in [-0.4, -0.2) is 45.3 Å². The van der Waals surface area contributed by atoms with Crippen LogP contribution in [0.3, 0.4) is 0 Å². The molecular formula is C16H35NO3. The fourth-order valence-electron chi connectivity index (χ4n) is 2.59. The number of hydrogen-bond acceptors (Lipinski definition) is 4. The van der Waals surface area contributed by atoms with Crippen LogP contribution >= 0.6 is 0 Å². The second kappa shape index (κ2) is 11.5. The lowest BCUT2D eigenvalue weighted by Gasteiger charge is -2.32. The number of methoxy groups -OCH3 is 2. The van der Waals surface area contributed by atoms with Crippen LogP contribution in [0, 0.1) is 0 Å². The minimum absolute atomic E-state index is 0.0509. The van der Waals surface area contributed by atoms with Crippen molar-refractivity contribution in [3.63, 3.8) is 0 Å². The minimum Gasteiger partial charge on any atom is -0.378 e. The Bertz CT molecular complexity index is 206. The molecule has 1 N–H and O–H groups in total. The summed E-state index contributed by atoms with van der Waals surface area (Å²) in [4.78, 5) is 0. The predicted octanol–water partition coefficient (Wildman–Crippen LogP) is 3.35. The second-order valence-electron chi connectivity index (χ2n) is 5.35. The Labute approximate surface area is 125 Å². The van der Waals surface area contributed by atoms with Gasteiger partial charge in [-0.15, -0.1) is 0 Å². The van der Waals surface area contributed by atoms with Crippen molar-refractivity contribution in [3.8, 4) is 0 Å². The fourth-order valence-corrected chi connectivity index (χ4v) is 2.59. The van der Waals surface area contributed by atoms with Gasteiger partial charge in [0.05, 0.1) is 5.60 Å². The number of ether oxygens (including phenoxy) is 3. The average molecular weight is 289 g/mol. The van der Waals surface area contributed by atoms with Gasteiger partial charge in [-0.25, -0.2) is 0 Å². The topological polar surface area (TPSA) is 39.7 Å². The molecule has 0 amide bonds. The smallest absolute Gasteiger partial charge is 0.154 e. The van der Waals surface area contributed by atoms with Crippen LogP contribution in [0.2, 0.25) is 0 Å². The van der Waals surface area contributed by atoms with E-state index in [1.54, 1.807) is 7.11 Å². The molecule has 1 aliphatic rings. The van der Waals surface area contributed by atoms with Crippen LogP contribution in [0.4, 0.5) is 0 Å². The van der Waals surface area contributed by atoms with Crippen molar-refractivity contribution < 1.29 is 14.2 Å². The van der Waals surface area contributed by atoms with Crippen LogP contribution in [-0.2, 0) is 14.2 Å². The summed E-state index contributed by atoms with van der Waals surface area (Å²) in [7, 11) is 3.47. The van der Waals surface area contributed by atoms with E-state index in [9.17, 15) is 0 Å². The van der Waals surface area contributed by atoms with E-state index in [1.165, 1.54) is 25.8 Å². The lowest BCUT2D eigenvalue weighted by molar-refractivity contribution is -0.106. The molecule has 1 saturated heterocycles. The van der Waals surface area contributed by atoms with E-state index in [4.69, 9.17) is 14.2 Å². The lowest BCUT2D eigenvalue weighted by Crippen LogP contribution is -2.37. The SMILES string of the molecule is CCC(CC)(CC1CCCN1)OC.CCOC(C)OC. The maximum Gasteiger partial charge on any atom is 0.154 e. The van der Waals surface area contributed by atoms with Crippen LogP contribution in [0.25, 0.3) is 0 Å². The van der Waals surface area contributed by atoms with E-state index in [-0.39, 0.29) is 11.9 Å². The van der Waals surface area contributed by atoms with Gasteiger partial charge in [0, 0.05) is 26.9 Å². The third-order valence-corrected chi connectivity index (χ3v) is 4.24. The van der Waals surface area contributed by atoms with Gasteiger partial charge < -0.3 is 19.5 Å². The van der Waals surface area contributed by atoms with Gasteiger partial charge in [-0.05, 0) is 52.5 Å². The molecule has 2 atom stereocenters. The van der Waals surface area contributed by atoms with Crippen molar-refractivity contribution >= 4 is 0 Å². The van der Waals surface area contributed by atoms with Crippen LogP contribution in [0.5, 0.6) is 0 Å². The summed E-state index contributed by atoms with van der Waals surface area (Å²) in [5, 5.41) is 3.53. The highest BCUT2D eigenvalue weighted by Gasteiger charge is 2.30. The van der Waals surface area contributed by atoms with E-state index in [0.717, 1.165) is 19.4 Å². The van der Waals surface area contributed by atoms with Crippen molar-refractivity contribution in [1.29, 1.82) is 0 Å². The first-order valence-corrected chi connectivity index (χ1v) is 8.00. The van der Waals surface area contributed by atoms with Gasteiger partial charge in [0.25, 0.3) is 0 Å². The van der Waals surface area contributed by atoms with Crippen molar-refractivity contribution in [1.82, 2.24) is 5.32 Å². The van der Waals surface area contributed by atoms with Crippen molar-refractivity contribution in [3.05, 3.63) is 0 Å². The molecule has 4 heteroatoms. The third-order valence-electron chi connectivity index (χ3n) is 4.24. The standard InChI is InChI=1S/C11H23NO.C5H12O2/c1-4-11(5-2,13-3)9-10-7-6-8-12-10;1-4-7-5(2)6-3/h10,12H,4-9H2,1-3H3;5H,4H2,1-3H3. The lowest BCUT2D eigenvalue weighted by atomic mass is 9.89. The van der Waals surface area contributed by atoms with Crippen LogP contribution < -0.4 is 5.32 Å². The molecular weight excluding hydrogens is 254 g/mol. The number of nitrogens with one attached hydrogen (secondary N) is 1. The summed E-state index contributed by atoms with van der Waals surface area (Å²) in [6.45, 7) is 10.2. The fraction of sp³-hybridized carbons (Fsp3) is 1.00. The Balaban J connectivity index is 0.000000441. The van der Waals surface area contributed by atoms with E-state index >= 15 is 0 Å². The van der Waals surface area contributed by atoms with Gasteiger partial charge in [-0.2, -0.15) is 0 Å². The summed E-state index contributed by atoms with van der Waals surface area (Å²) < 4.78 is 15.4. The van der Waals surface area contributed by atoms with Gasteiger partial charge >= 0.3 is 0 Å². The highest BCUT2D eigenvalue weighted by molar-refractivity contribution is 4.86. The number of hydrogen-bond donors (Lipinski definition) is 1. The molecule has 0 bridgehead atoms. The van der Waals surface area contributed by atoms with Crippen molar-refractivity contribution in [2.75, 3.05) is 27.4 Å². The number of rotatable bonds is 8. The molecule has 20 heavy (non-hydrogen) atoms. The molecule has 0 radical (unpaired) electrons. The zero-order valence-corrected chi connectivity index (χ0v) is 14.3. The molecule has 1 fully saturated rings. The van der Waals surface area contributed by atoms with Crippen molar-refractivity contribution in [2.24, 2.45) is 0 Å². The largest absolute Gasteiger partial charge is 0.378 e. The van der Waals surface area contributed by atoms with E-state index in [1.807, 2.05) is 21.0 Å². The van der Waals surface area contributed by atoms with Gasteiger partial charge in [0.2, 0.25) is 0 Å². The van der Waals surface area contributed by atoms with Gasteiger partial charge in [0.15, 0.2) is 6.29 Å². The van der Waals surface area contributed by atoms with E-state index in [0.29, 0.717) is 6.04 Å². The molecule has 1 aliphatic heterocycles. The molecule has 122 valence electrons. The van der Waals surface area contributed by atoms with Gasteiger partial charge in [-0.1, -0.05) is 13.8 Å². The molecule has 0 aliphatic carbocycles. The molecule has 0 aromatic heterocycles. The maximum absolute atomic E-state index is 5.66. The first-order chi connectivity index (χ1) is 9.57. The summed E-state index contributed by atoms with van der Waals surface area (Å²) in [6.07, 6.45) is 6.03. The first kappa shape index (κ1) is 19.8. The monoisotopic (exact) mass is 289 g/mol. The zero-order valence-electron chi connectivity index (χ0n) is 14.3. The Morgan fingerprint density at radius 3 is 2.15 bits per heavy atom. The highest BCUT2D eigenvalue weighted by Crippen LogP contribution is 2.28. The molecule has 4 nitrogen and oxygen atoms in total. The molecule has 0 spiro atoms. The third kappa shape index (κ3) is 7.58. The molecule has 1 rings (SSSR count). The Morgan fingerprint density at radius 2 is 1.85 bits per heavy atom. The van der Waals surface area contributed by atoms with Crippen LogP contribution in [0.1, 0.15) is 59.8 Å². The Morgan fingerprint density at radius 1 is 1.20 bits per heavy atom. The first-order valence-electron chi connectivity index (χ1n) is 8.00. The normalized spacial score (nSPS) is 20.4. The molecule has 0 aromatic carbocycles. The summed E-state index contributed by atoms with van der Waals surface area (Å²) >= 11 is 0. The Kier molecular flexibility index (Phi) is 11.4. The quantitative estimate of drug-likeness (QED) is 0.696. The predicted molar refractivity (Wildman–Crippen MR) is 84.1 cm³/mol. The van der Waals surface area contributed by atoms with E-state index < -0.39 is 0 Å². The second-order valence-corrected chi connectivity index (χ2v) is 5.35. The minimum atomic E-state index is -0.0509. The molecule has 0 aromatic rings. The summed E-state index contributed by atoms with van der Waals surface area (Å²) in [5.74, 6) is 0. The van der Waals surface area contributed by atoms with Crippen molar-refractivity contribution in [2.45, 2.75) is 77.7 Å². The average Bonchev–Trinajstić information content (AvgIpc) is 2.98. The summed E-state index contributed by atoms with van der Waals surface area (Å²) in [5.41, 5.74) is 0.127. The molecule has 1 heterocycles. The maximum atomic E-state index is 5.66. The Hall–Kier alpha value is -0.160.